The minimum absolute atomic E-state index is 0.0987. The molecule has 2 aromatic rings. The van der Waals surface area contributed by atoms with Gasteiger partial charge in [-0.2, -0.15) is 0 Å². The number of nitrogen functional groups attached to an aromatic ring is 1. The Morgan fingerprint density at radius 1 is 1.24 bits per heavy atom. The molecular formula is C13H13N3S. The molecule has 0 aliphatic heterocycles. The molecule has 0 saturated heterocycles. The average molecular weight is 243 g/mol. The van der Waals surface area contributed by atoms with Gasteiger partial charge in [0.1, 0.15) is 5.84 Å². The van der Waals surface area contributed by atoms with E-state index in [4.69, 9.17) is 11.1 Å². The SMILES string of the molecule is Cc1ccc(C(=N)N)c(Sc2ccncc2)c1. The smallest absolute Gasteiger partial charge is 0.123 e. The fourth-order valence-electron chi connectivity index (χ4n) is 1.47. The second-order valence-corrected chi connectivity index (χ2v) is 4.81. The van der Waals surface area contributed by atoms with E-state index in [1.165, 1.54) is 0 Å². The third-order valence-corrected chi connectivity index (χ3v) is 3.37. The molecule has 1 heterocycles. The molecule has 0 aliphatic carbocycles. The second kappa shape index (κ2) is 5.01. The van der Waals surface area contributed by atoms with Gasteiger partial charge in [-0.3, -0.25) is 10.4 Å². The highest BCUT2D eigenvalue weighted by atomic mass is 32.2. The molecule has 1 aromatic carbocycles. The highest BCUT2D eigenvalue weighted by molar-refractivity contribution is 7.99. The summed E-state index contributed by atoms with van der Waals surface area (Å²) in [7, 11) is 0. The van der Waals surface area contributed by atoms with E-state index in [0.717, 1.165) is 20.9 Å². The van der Waals surface area contributed by atoms with Crippen LogP contribution in [0.3, 0.4) is 0 Å². The minimum Gasteiger partial charge on any atom is -0.384 e. The number of aryl methyl sites for hydroxylation is 1. The second-order valence-electron chi connectivity index (χ2n) is 3.70. The lowest BCUT2D eigenvalue weighted by Crippen LogP contribution is -2.12. The number of rotatable bonds is 3. The van der Waals surface area contributed by atoms with E-state index in [1.807, 2.05) is 37.3 Å². The van der Waals surface area contributed by atoms with Crippen LogP contribution < -0.4 is 5.73 Å². The zero-order valence-electron chi connectivity index (χ0n) is 9.47. The lowest BCUT2D eigenvalue weighted by Gasteiger charge is -2.08. The van der Waals surface area contributed by atoms with Crippen LogP contribution in [0.5, 0.6) is 0 Å². The third kappa shape index (κ3) is 2.85. The van der Waals surface area contributed by atoms with E-state index >= 15 is 0 Å². The van der Waals surface area contributed by atoms with E-state index in [0.29, 0.717) is 0 Å². The maximum Gasteiger partial charge on any atom is 0.123 e. The van der Waals surface area contributed by atoms with Gasteiger partial charge in [-0.05, 0) is 36.8 Å². The van der Waals surface area contributed by atoms with Crippen LogP contribution in [-0.2, 0) is 0 Å². The highest BCUT2D eigenvalue weighted by Crippen LogP contribution is 2.30. The van der Waals surface area contributed by atoms with Crippen molar-refractivity contribution in [1.29, 1.82) is 5.41 Å². The quantitative estimate of drug-likeness (QED) is 0.643. The van der Waals surface area contributed by atoms with Crippen molar-refractivity contribution >= 4 is 17.6 Å². The third-order valence-electron chi connectivity index (χ3n) is 2.30. The summed E-state index contributed by atoms with van der Waals surface area (Å²) in [6.45, 7) is 2.03. The maximum atomic E-state index is 7.56. The van der Waals surface area contributed by atoms with Gasteiger partial charge in [-0.25, -0.2) is 0 Å². The first kappa shape index (κ1) is 11.7. The van der Waals surface area contributed by atoms with Crippen LogP contribution in [0, 0.1) is 12.3 Å². The summed E-state index contributed by atoms with van der Waals surface area (Å²) >= 11 is 1.60. The van der Waals surface area contributed by atoms with Gasteiger partial charge < -0.3 is 5.73 Å². The molecule has 0 unspecified atom stereocenters. The first-order chi connectivity index (χ1) is 8.16. The van der Waals surface area contributed by atoms with Crippen molar-refractivity contribution in [3.8, 4) is 0 Å². The molecule has 17 heavy (non-hydrogen) atoms. The molecule has 1 aromatic heterocycles. The summed E-state index contributed by atoms with van der Waals surface area (Å²) in [5, 5.41) is 7.56. The van der Waals surface area contributed by atoms with Crippen molar-refractivity contribution in [2.75, 3.05) is 0 Å². The van der Waals surface area contributed by atoms with Gasteiger partial charge >= 0.3 is 0 Å². The summed E-state index contributed by atoms with van der Waals surface area (Å²) < 4.78 is 0. The molecule has 0 spiro atoms. The van der Waals surface area contributed by atoms with E-state index in [1.54, 1.807) is 24.2 Å². The number of amidine groups is 1. The number of pyridine rings is 1. The molecule has 0 saturated carbocycles. The Morgan fingerprint density at radius 2 is 1.94 bits per heavy atom. The van der Waals surface area contributed by atoms with Crippen LogP contribution in [0.25, 0.3) is 0 Å². The first-order valence-corrected chi connectivity index (χ1v) is 6.01. The molecule has 0 bridgehead atoms. The van der Waals surface area contributed by atoms with Crippen LogP contribution in [0.15, 0.2) is 52.5 Å². The van der Waals surface area contributed by atoms with E-state index in [2.05, 4.69) is 4.98 Å². The van der Waals surface area contributed by atoms with Gasteiger partial charge in [0.2, 0.25) is 0 Å². The van der Waals surface area contributed by atoms with Gasteiger partial charge in [0, 0.05) is 27.7 Å². The lowest BCUT2D eigenvalue weighted by molar-refractivity contribution is 1.25. The van der Waals surface area contributed by atoms with Crippen molar-refractivity contribution in [3.63, 3.8) is 0 Å². The number of hydrogen-bond donors (Lipinski definition) is 2. The van der Waals surface area contributed by atoms with Crippen molar-refractivity contribution in [3.05, 3.63) is 53.9 Å². The van der Waals surface area contributed by atoms with Gasteiger partial charge in [0.25, 0.3) is 0 Å². The zero-order valence-corrected chi connectivity index (χ0v) is 10.3. The predicted octanol–water partition coefficient (Wildman–Crippen LogP) is 2.83. The largest absolute Gasteiger partial charge is 0.384 e. The highest BCUT2D eigenvalue weighted by Gasteiger charge is 2.07. The summed E-state index contributed by atoms with van der Waals surface area (Å²) in [4.78, 5) is 6.08. The molecule has 0 fully saturated rings. The number of benzene rings is 1. The molecule has 0 aliphatic rings. The molecule has 0 amide bonds. The van der Waals surface area contributed by atoms with Crippen molar-refractivity contribution in [2.24, 2.45) is 5.73 Å². The van der Waals surface area contributed by atoms with Crippen LogP contribution >= 0.6 is 11.8 Å². The minimum atomic E-state index is 0.0987. The van der Waals surface area contributed by atoms with Gasteiger partial charge in [0.15, 0.2) is 0 Å². The van der Waals surface area contributed by atoms with Crippen molar-refractivity contribution in [1.82, 2.24) is 4.98 Å². The van der Waals surface area contributed by atoms with Gasteiger partial charge in [-0.15, -0.1) is 0 Å². The molecule has 3 nitrogen and oxygen atoms in total. The zero-order chi connectivity index (χ0) is 12.3. The number of nitrogens with zero attached hydrogens (tertiary/aromatic N) is 1. The molecule has 4 heteroatoms. The molecule has 3 N–H and O–H groups in total. The Bertz CT molecular complexity index is 538. The van der Waals surface area contributed by atoms with E-state index < -0.39 is 0 Å². The van der Waals surface area contributed by atoms with Crippen LogP contribution in [0.1, 0.15) is 11.1 Å². The Kier molecular flexibility index (Phi) is 3.44. The Morgan fingerprint density at radius 3 is 2.59 bits per heavy atom. The fraction of sp³-hybridized carbons (Fsp3) is 0.0769. The summed E-state index contributed by atoms with van der Waals surface area (Å²) in [5.74, 6) is 0.0987. The number of hydrogen-bond acceptors (Lipinski definition) is 3. The maximum absolute atomic E-state index is 7.56. The predicted molar refractivity (Wildman–Crippen MR) is 70.6 cm³/mol. The standard InChI is InChI=1S/C13H13N3S/c1-9-2-3-11(13(14)15)12(8-9)17-10-4-6-16-7-5-10/h2-8H,1H3,(H3,14,15). The topological polar surface area (TPSA) is 62.8 Å². The summed E-state index contributed by atoms with van der Waals surface area (Å²) in [5.41, 5.74) is 7.51. The van der Waals surface area contributed by atoms with Crippen molar-refractivity contribution in [2.45, 2.75) is 16.7 Å². The Labute approximate surface area is 105 Å². The van der Waals surface area contributed by atoms with Gasteiger partial charge in [0.05, 0.1) is 0 Å². The Balaban J connectivity index is 2.37. The van der Waals surface area contributed by atoms with E-state index in [-0.39, 0.29) is 5.84 Å². The van der Waals surface area contributed by atoms with Crippen LogP contribution in [0.4, 0.5) is 0 Å². The molecule has 0 atom stereocenters. The summed E-state index contributed by atoms with van der Waals surface area (Å²) in [6.07, 6.45) is 3.51. The Hall–Kier alpha value is -1.81. The van der Waals surface area contributed by atoms with Crippen LogP contribution in [-0.4, -0.2) is 10.8 Å². The van der Waals surface area contributed by atoms with Crippen LogP contribution in [0.2, 0.25) is 0 Å². The van der Waals surface area contributed by atoms with Gasteiger partial charge in [-0.1, -0.05) is 17.8 Å². The number of aromatic nitrogens is 1. The first-order valence-electron chi connectivity index (χ1n) is 5.20. The average Bonchev–Trinajstić information content (AvgIpc) is 2.30. The fourth-order valence-corrected chi connectivity index (χ4v) is 2.51. The molecule has 0 radical (unpaired) electrons. The monoisotopic (exact) mass is 243 g/mol. The number of nitrogens with one attached hydrogen (secondary N) is 1. The van der Waals surface area contributed by atoms with Crippen molar-refractivity contribution < 1.29 is 0 Å². The number of nitrogens with two attached hydrogens (primary N) is 1. The molecule has 86 valence electrons. The lowest BCUT2D eigenvalue weighted by atomic mass is 10.1. The molecular weight excluding hydrogens is 230 g/mol. The van der Waals surface area contributed by atoms with E-state index in [9.17, 15) is 0 Å². The normalized spacial score (nSPS) is 10.2. The summed E-state index contributed by atoms with van der Waals surface area (Å²) in [6, 6.07) is 9.78. The molecule has 2 rings (SSSR count).